The van der Waals surface area contributed by atoms with Crippen molar-refractivity contribution in [1.29, 1.82) is 0 Å². The standard InChI is InChI=1S/C23H26N2O5/c1-4-29-18-10-6-16(7-11-18)20-21(24(3)14-15-26)23(28)25(22(20)27)17-8-12-19(13-9-17)30-5-2/h6-13,26H,4-5,14-15H2,1-3H3. The number of aliphatic hydroxyl groups excluding tert-OH is 1. The Hall–Kier alpha value is -3.32. The molecule has 2 aromatic rings. The van der Waals surface area contributed by atoms with Gasteiger partial charge in [0.2, 0.25) is 0 Å². The van der Waals surface area contributed by atoms with Crippen LogP contribution in [0.2, 0.25) is 0 Å². The monoisotopic (exact) mass is 410 g/mol. The van der Waals surface area contributed by atoms with Crippen LogP contribution in [0.15, 0.2) is 54.2 Å². The summed E-state index contributed by atoms with van der Waals surface area (Å²) in [6.07, 6.45) is 0. The minimum Gasteiger partial charge on any atom is -0.494 e. The predicted molar refractivity (Wildman–Crippen MR) is 114 cm³/mol. The van der Waals surface area contributed by atoms with Crippen LogP contribution < -0.4 is 14.4 Å². The van der Waals surface area contributed by atoms with Crippen LogP contribution >= 0.6 is 0 Å². The Morgan fingerprint density at radius 2 is 1.40 bits per heavy atom. The number of carbonyl (C=O) groups excluding carboxylic acids is 2. The van der Waals surface area contributed by atoms with Crippen LogP contribution in [0.3, 0.4) is 0 Å². The zero-order valence-corrected chi connectivity index (χ0v) is 17.4. The number of hydrogen-bond donors (Lipinski definition) is 1. The maximum Gasteiger partial charge on any atom is 0.282 e. The summed E-state index contributed by atoms with van der Waals surface area (Å²) in [5.74, 6) is 0.516. The highest BCUT2D eigenvalue weighted by Gasteiger charge is 2.41. The first-order chi connectivity index (χ1) is 14.5. The van der Waals surface area contributed by atoms with Crippen molar-refractivity contribution in [2.45, 2.75) is 13.8 Å². The van der Waals surface area contributed by atoms with Crippen LogP contribution in [-0.4, -0.2) is 55.2 Å². The summed E-state index contributed by atoms with van der Waals surface area (Å²) < 4.78 is 10.9. The number of hydrogen-bond acceptors (Lipinski definition) is 6. The maximum atomic E-state index is 13.4. The van der Waals surface area contributed by atoms with E-state index in [0.717, 1.165) is 4.90 Å². The van der Waals surface area contributed by atoms with Gasteiger partial charge < -0.3 is 19.5 Å². The van der Waals surface area contributed by atoms with E-state index < -0.39 is 11.8 Å². The number of likely N-dealkylation sites (N-methyl/N-ethyl adjacent to an activating group) is 1. The SMILES string of the molecule is CCOc1ccc(C2=C(N(C)CCO)C(=O)N(c3ccc(OCC)cc3)C2=O)cc1. The van der Waals surface area contributed by atoms with Crippen molar-refractivity contribution in [3.8, 4) is 11.5 Å². The second-order valence-corrected chi connectivity index (χ2v) is 6.70. The fourth-order valence-corrected chi connectivity index (χ4v) is 3.37. The van der Waals surface area contributed by atoms with Crippen LogP contribution in [0.4, 0.5) is 5.69 Å². The summed E-state index contributed by atoms with van der Waals surface area (Å²) in [6, 6.07) is 13.9. The van der Waals surface area contributed by atoms with Crippen molar-refractivity contribution in [3.05, 3.63) is 59.8 Å². The van der Waals surface area contributed by atoms with Crippen molar-refractivity contribution in [3.63, 3.8) is 0 Å². The number of benzene rings is 2. The summed E-state index contributed by atoms with van der Waals surface area (Å²) >= 11 is 0. The molecule has 0 aliphatic carbocycles. The third-order valence-electron chi connectivity index (χ3n) is 4.74. The molecule has 3 rings (SSSR count). The normalized spacial score (nSPS) is 13.8. The highest BCUT2D eigenvalue weighted by molar-refractivity contribution is 6.45. The molecule has 0 saturated carbocycles. The molecule has 7 nitrogen and oxygen atoms in total. The molecule has 7 heteroatoms. The maximum absolute atomic E-state index is 13.4. The molecular weight excluding hydrogens is 384 g/mol. The van der Waals surface area contributed by atoms with Crippen molar-refractivity contribution in [2.75, 3.05) is 38.3 Å². The molecule has 158 valence electrons. The summed E-state index contributed by atoms with van der Waals surface area (Å²) in [4.78, 5) is 29.4. The fourth-order valence-electron chi connectivity index (χ4n) is 3.37. The van der Waals surface area contributed by atoms with E-state index in [1.165, 1.54) is 0 Å². The van der Waals surface area contributed by atoms with E-state index in [0.29, 0.717) is 41.5 Å². The molecule has 0 unspecified atom stereocenters. The van der Waals surface area contributed by atoms with Gasteiger partial charge in [0, 0.05) is 13.6 Å². The number of ether oxygens (including phenoxy) is 2. The number of carbonyl (C=O) groups is 2. The first-order valence-corrected chi connectivity index (χ1v) is 9.92. The molecule has 2 amide bonds. The number of aliphatic hydroxyl groups is 1. The molecule has 1 aliphatic rings. The Labute approximate surface area is 176 Å². The van der Waals surface area contributed by atoms with Crippen LogP contribution in [0.5, 0.6) is 11.5 Å². The third kappa shape index (κ3) is 4.16. The van der Waals surface area contributed by atoms with Gasteiger partial charge in [-0.25, -0.2) is 4.90 Å². The van der Waals surface area contributed by atoms with Gasteiger partial charge in [0.05, 0.1) is 31.1 Å². The summed E-state index contributed by atoms with van der Waals surface area (Å²) in [5.41, 5.74) is 1.63. The van der Waals surface area contributed by atoms with Crippen molar-refractivity contribution >= 4 is 23.1 Å². The van der Waals surface area contributed by atoms with E-state index >= 15 is 0 Å². The predicted octanol–water partition coefficient (Wildman–Crippen LogP) is 2.69. The molecule has 0 aromatic heterocycles. The lowest BCUT2D eigenvalue weighted by molar-refractivity contribution is -0.120. The van der Waals surface area contributed by atoms with Gasteiger partial charge in [0.25, 0.3) is 11.8 Å². The number of amides is 2. The van der Waals surface area contributed by atoms with E-state index in [1.54, 1.807) is 60.5 Å². The number of imide groups is 1. The Bertz CT molecular complexity index is 935. The molecular formula is C23H26N2O5. The number of rotatable bonds is 9. The van der Waals surface area contributed by atoms with Gasteiger partial charge in [-0.15, -0.1) is 0 Å². The average Bonchev–Trinajstić information content (AvgIpc) is 3.00. The van der Waals surface area contributed by atoms with Gasteiger partial charge in [-0.2, -0.15) is 0 Å². The minimum absolute atomic E-state index is 0.138. The summed E-state index contributed by atoms with van der Waals surface area (Å²) in [6.45, 7) is 4.94. The van der Waals surface area contributed by atoms with Crippen molar-refractivity contribution in [1.82, 2.24) is 4.90 Å². The summed E-state index contributed by atoms with van der Waals surface area (Å²) in [5, 5.41) is 9.36. The Balaban J connectivity index is 2.01. The molecule has 0 radical (unpaired) electrons. The largest absolute Gasteiger partial charge is 0.494 e. The van der Waals surface area contributed by atoms with Gasteiger partial charge in [0.15, 0.2) is 0 Å². The highest BCUT2D eigenvalue weighted by Crippen LogP contribution is 2.35. The zero-order chi connectivity index (χ0) is 21.7. The van der Waals surface area contributed by atoms with E-state index in [9.17, 15) is 14.7 Å². The zero-order valence-electron chi connectivity index (χ0n) is 17.4. The molecule has 0 spiro atoms. The quantitative estimate of drug-likeness (QED) is 0.641. The lowest BCUT2D eigenvalue weighted by atomic mass is 10.0. The molecule has 0 bridgehead atoms. The average molecular weight is 410 g/mol. The second kappa shape index (κ2) is 9.45. The van der Waals surface area contributed by atoms with Crippen molar-refractivity contribution < 1.29 is 24.2 Å². The van der Waals surface area contributed by atoms with Gasteiger partial charge in [-0.05, 0) is 55.8 Å². The Kier molecular flexibility index (Phi) is 6.74. The summed E-state index contributed by atoms with van der Waals surface area (Å²) in [7, 11) is 1.69. The van der Waals surface area contributed by atoms with Gasteiger partial charge in [-0.3, -0.25) is 9.59 Å². The van der Waals surface area contributed by atoms with E-state index in [2.05, 4.69) is 0 Å². The fraction of sp³-hybridized carbons (Fsp3) is 0.304. The first-order valence-electron chi connectivity index (χ1n) is 9.92. The molecule has 30 heavy (non-hydrogen) atoms. The topological polar surface area (TPSA) is 79.3 Å². The minimum atomic E-state index is -0.427. The third-order valence-corrected chi connectivity index (χ3v) is 4.74. The lowest BCUT2D eigenvalue weighted by Crippen LogP contribution is -2.34. The molecule has 2 aromatic carbocycles. The molecule has 1 N–H and O–H groups in total. The molecule has 1 heterocycles. The number of nitrogens with zero attached hydrogens (tertiary/aromatic N) is 2. The van der Waals surface area contributed by atoms with E-state index in [1.807, 2.05) is 13.8 Å². The van der Waals surface area contributed by atoms with Gasteiger partial charge >= 0.3 is 0 Å². The Morgan fingerprint density at radius 1 is 0.867 bits per heavy atom. The highest BCUT2D eigenvalue weighted by atomic mass is 16.5. The molecule has 0 fully saturated rings. The lowest BCUT2D eigenvalue weighted by Gasteiger charge is -2.20. The van der Waals surface area contributed by atoms with Crippen LogP contribution in [0, 0.1) is 0 Å². The van der Waals surface area contributed by atoms with E-state index in [-0.39, 0.29) is 18.8 Å². The Morgan fingerprint density at radius 3 is 1.90 bits per heavy atom. The van der Waals surface area contributed by atoms with Crippen molar-refractivity contribution in [2.24, 2.45) is 0 Å². The van der Waals surface area contributed by atoms with Crippen LogP contribution in [0.25, 0.3) is 5.57 Å². The first kappa shape index (κ1) is 21.4. The van der Waals surface area contributed by atoms with Gasteiger partial charge in [0.1, 0.15) is 17.2 Å². The molecule has 0 saturated heterocycles. The van der Waals surface area contributed by atoms with Gasteiger partial charge in [-0.1, -0.05) is 12.1 Å². The number of anilines is 1. The smallest absolute Gasteiger partial charge is 0.282 e. The van der Waals surface area contributed by atoms with E-state index in [4.69, 9.17) is 9.47 Å². The van der Waals surface area contributed by atoms with Crippen LogP contribution in [-0.2, 0) is 9.59 Å². The molecule has 1 aliphatic heterocycles. The van der Waals surface area contributed by atoms with Crippen LogP contribution in [0.1, 0.15) is 19.4 Å². The molecule has 0 atom stereocenters. The second-order valence-electron chi connectivity index (χ2n) is 6.70.